The van der Waals surface area contributed by atoms with Crippen LogP contribution in [0.5, 0.6) is 0 Å². The van der Waals surface area contributed by atoms with Crippen LogP contribution in [0.1, 0.15) is 32.1 Å². The average molecular weight is 402 g/mol. The van der Waals surface area contributed by atoms with Crippen molar-refractivity contribution in [2.75, 3.05) is 46.4 Å². The van der Waals surface area contributed by atoms with Crippen LogP contribution in [0.4, 0.5) is 4.79 Å². The number of likely N-dealkylation sites (tertiary alicyclic amines) is 1. The summed E-state index contributed by atoms with van der Waals surface area (Å²) >= 11 is 0. The number of methoxy groups -OCH3 is 1. The van der Waals surface area contributed by atoms with Gasteiger partial charge in [0.05, 0.1) is 24.8 Å². The maximum atomic E-state index is 12.5. The number of fused-ring (bicyclic) bond motifs is 1. The highest BCUT2D eigenvalue weighted by Crippen LogP contribution is 2.22. The molecule has 1 fully saturated rings. The lowest BCUT2D eigenvalue weighted by atomic mass is 9.91. The van der Waals surface area contributed by atoms with Gasteiger partial charge in [0.1, 0.15) is 0 Å². The second-order valence-electron chi connectivity index (χ2n) is 7.60. The number of nitrogens with one attached hydrogen (secondary N) is 1. The van der Waals surface area contributed by atoms with Gasteiger partial charge < -0.3 is 15.0 Å². The molecule has 8 heteroatoms. The molecule has 1 unspecified atom stereocenters. The Morgan fingerprint density at radius 3 is 2.69 bits per heavy atom. The number of carbonyl (C=O) groups is 3. The zero-order valence-corrected chi connectivity index (χ0v) is 17.1. The first-order valence-electron chi connectivity index (χ1n) is 10.4. The maximum Gasteiger partial charge on any atom is 0.350 e. The number of ether oxygens (including phenoxy) is 1. The smallest absolute Gasteiger partial charge is 0.350 e. The van der Waals surface area contributed by atoms with Crippen molar-refractivity contribution >= 4 is 23.6 Å². The van der Waals surface area contributed by atoms with E-state index in [1.807, 2.05) is 0 Å². The van der Waals surface area contributed by atoms with Crippen LogP contribution >= 0.6 is 0 Å². The van der Waals surface area contributed by atoms with Gasteiger partial charge in [-0.05, 0) is 45.0 Å². The number of allylic oxidation sites excluding steroid dienone is 1. The molecule has 3 rings (SSSR count). The molecule has 158 valence electrons. The number of nitrogens with zero attached hydrogens (tertiary/aromatic N) is 3. The maximum absolute atomic E-state index is 12.5. The molecule has 1 saturated heterocycles. The fourth-order valence-corrected chi connectivity index (χ4v) is 3.84. The topological polar surface area (TPSA) is 91.3 Å². The van der Waals surface area contributed by atoms with E-state index in [1.165, 1.54) is 38.9 Å². The minimum Gasteiger partial charge on any atom is -0.383 e. The van der Waals surface area contributed by atoms with Crippen LogP contribution in [0.3, 0.4) is 0 Å². The number of amides is 4. The van der Waals surface area contributed by atoms with Crippen LogP contribution in [0.2, 0.25) is 0 Å². The van der Waals surface area contributed by atoms with E-state index in [0.717, 1.165) is 31.0 Å². The third kappa shape index (κ3) is 5.61. The minimum atomic E-state index is -0.621. The van der Waals surface area contributed by atoms with Gasteiger partial charge in [-0.1, -0.05) is 25.0 Å². The molecule has 4 amide bonds. The Hall–Kier alpha value is -2.32. The fourth-order valence-electron chi connectivity index (χ4n) is 3.84. The van der Waals surface area contributed by atoms with Gasteiger partial charge in [0.2, 0.25) is 5.91 Å². The number of hydrogen-bond acceptors (Lipinski definition) is 5. The van der Waals surface area contributed by atoms with Crippen molar-refractivity contribution in [1.82, 2.24) is 15.1 Å². The second kappa shape index (κ2) is 10.5. The van der Waals surface area contributed by atoms with Crippen LogP contribution < -0.4 is 5.32 Å². The highest BCUT2D eigenvalue weighted by Gasteiger charge is 2.36. The van der Waals surface area contributed by atoms with E-state index in [-0.39, 0.29) is 25.0 Å². The number of hydrogen-bond donors (Lipinski definition) is 1. The van der Waals surface area contributed by atoms with Gasteiger partial charge >= 0.3 is 6.03 Å². The Morgan fingerprint density at radius 2 is 1.97 bits per heavy atom. The van der Waals surface area contributed by atoms with Crippen LogP contribution in [0, 0.1) is 5.92 Å². The first-order chi connectivity index (χ1) is 14.1. The number of imide groups is 1. The Balaban J connectivity index is 1.51. The summed E-state index contributed by atoms with van der Waals surface area (Å²) in [6.45, 7) is 4.31. The van der Waals surface area contributed by atoms with E-state index in [2.05, 4.69) is 15.2 Å². The molecule has 0 aromatic rings. The van der Waals surface area contributed by atoms with Gasteiger partial charge in [-0.25, -0.2) is 4.79 Å². The molecule has 0 aromatic carbocycles. The van der Waals surface area contributed by atoms with Crippen LogP contribution in [-0.4, -0.2) is 79.8 Å². The molecule has 0 bridgehead atoms. The Bertz CT molecular complexity index is 720. The molecule has 1 atom stereocenters. The zero-order chi connectivity index (χ0) is 20.6. The predicted octanol–water partition coefficient (Wildman–Crippen LogP) is 1.53. The van der Waals surface area contributed by atoms with E-state index < -0.39 is 11.9 Å². The van der Waals surface area contributed by atoms with Gasteiger partial charge in [0.25, 0.3) is 5.91 Å². The Kier molecular flexibility index (Phi) is 7.71. The number of rotatable bonds is 8. The molecule has 0 saturated carbocycles. The van der Waals surface area contributed by atoms with Crippen molar-refractivity contribution in [3.63, 3.8) is 0 Å². The van der Waals surface area contributed by atoms with Gasteiger partial charge in [0.15, 0.2) is 0 Å². The number of urea groups is 1. The van der Waals surface area contributed by atoms with Gasteiger partial charge in [0, 0.05) is 19.2 Å². The average Bonchev–Trinajstić information content (AvgIpc) is 2.99. The molecule has 0 radical (unpaired) electrons. The zero-order valence-electron chi connectivity index (χ0n) is 17.1. The molecular weight excluding hydrogens is 372 g/mol. The first kappa shape index (κ1) is 21.4. The minimum absolute atomic E-state index is 0.170. The summed E-state index contributed by atoms with van der Waals surface area (Å²) < 4.78 is 4.94. The monoisotopic (exact) mass is 402 g/mol. The molecule has 1 N–H and O–H groups in total. The second-order valence-corrected chi connectivity index (χ2v) is 7.60. The molecule has 2 aliphatic heterocycles. The van der Waals surface area contributed by atoms with E-state index in [9.17, 15) is 14.4 Å². The van der Waals surface area contributed by atoms with Crippen molar-refractivity contribution in [2.45, 2.75) is 32.1 Å². The summed E-state index contributed by atoms with van der Waals surface area (Å²) in [5.41, 5.74) is 0.742. The summed E-state index contributed by atoms with van der Waals surface area (Å²) in [6.07, 6.45) is 10.9. The van der Waals surface area contributed by atoms with E-state index in [0.29, 0.717) is 17.8 Å². The van der Waals surface area contributed by atoms with Gasteiger partial charge in [-0.2, -0.15) is 4.99 Å². The standard InChI is InChI=1S/C21H30N4O4/c1-29-14-13-25-20(27)17-8-7-16(15-18(17)23-21(25)28)19(26)22-9-6-12-24-10-4-2-3-5-11-24/h7-8,15,17H,2-6,9-14H2,1H3,(H,22,26). The SMILES string of the molecule is COCCN1C(=O)N=C2C=C(C(=O)NCCCN3CCCCCC3)C=CC2C1=O. The highest BCUT2D eigenvalue weighted by atomic mass is 16.5. The Labute approximate surface area is 171 Å². The summed E-state index contributed by atoms with van der Waals surface area (Å²) in [5.74, 6) is -1.16. The summed E-state index contributed by atoms with van der Waals surface area (Å²) in [7, 11) is 1.51. The van der Waals surface area contributed by atoms with E-state index in [1.54, 1.807) is 12.2 Å². The molecule has 2 heterocycles. The summed E-state index contributed by atoms with van der Waals surface area (Å²) in [5, 5.41) is 2.93. The lowest BCUT2D eigenvalue weighted by molar-refractivity contribution is -0.130. The number of aliphatic imine (C=N–C) groups is 1. The third-order valence-corrected chi connectivity index (χ3v) is 5.49. The molecule has 0 aromatic heterocycles. The predicted molar refractivity (Wildman–Crippen MR) is 110 cm³/mol. The number of carbonyl (C=O) groups excluding carboxylic acids is 3. The van der Waals surface area contributed by atoms with E-state index >= 15 is 0 Å². The van der Waals surface area contributed by atoms with Crippen molar-refractivity contribution in [2.24, 2.45) is 10.9 Å². The molecule has 8 nitrogen and oxygen atoms in total. The molecule has 3 aliphatic rings. The lowest BCUT2D eigenvalue weighted by Gasteiger charge is -2.28. The van der Waals surface area contributed by atoms with Crippen molar-refractivity contribution in [3.05, 3.63) is 23.8 Å². The third-order valence-electron chi connectivity index (χ3n) is 5.49. The van der Waals surface area contributed by atoms with E-state index in [4.69, 9.17) is 4.74 Å². The quantitative estimate of drug-likeness (QED) is 0.622. The molecule has 0 spiro atoms. The normalized spacial score (nSPS) is 22.7. The van der Waals surface area contributed by atoms with Crippen LogP contribution in [-0.2, 0) is 14.3 Å². The van der Waals surface area contributed by atoms with Crippen molar-refractivity contribution in [1.29, 1.82) is 0 Å². The Morgan fingerprint density at radius 1 is 1.21 bits per heavy atom. The van der Waals surface area contributed by atoms with Crippen molar-refractivity contribution < 1.29 is 19.1 Å². The fraction of sp³-hybridized carbons (Fsp3) is 0.619. The molecule has 29 heavy (non-hydrogen) atoms. The first-order valence-corrected chi connectivity index (χ1v) is 10.4. The van der Waals surface area contributed by atoms with Crippen LogP contribution in [0.25, 0.3) is 0 Å². The van der Waals surface area contributed by atoms with Crippen LogP contribution in [0.15, 0.2) is 28.8 Å². The largest absolute Gasteiger partial charge is 0.383 e. The van der Waals surface area contributed by atoms with Crippen molar-refractivity contribution in [3.8, 4) is 0 Å². The summed E-state index contributed by atoms with van der Waals surface area (Å²) in [6, 6.07) is -0.609. The summed E-state index contributed by atoms with van der Waals surface area (Å²) in [4.78, 5) is 44.7. The molecular formula is C21H30N4O4. The molecule has 1 aliphatic carbocycles. The van der Waals surface area contributed by atoms with Gasteiger partial charge in [-0.15, -0.1) is 0 Å². The van der Waals surface area contributed by atoms with Gasteiger partial charge in [-0.3, -0.25) is 14.5 Å². The lowest BCUT2D eigenvalue weighted by Crippen LogP contribution is -2.47. The highest BCUT2D eigenvalue weighted by molar-refractivity contribution is 6.23.